The van der Waals surface area contributed by atoms with Crippen LogP contribution in [-0.4, -0.2) is 47.1 Å². The Morgan fingerprint density at radius 3 is 2.44 bits per heavy atom. The third-order valence-electron chi connectivity index (χ3n) is 3.84. The van der Waals surface area contributed by atoms with E-state index in [9.17, 15) is 19.7 Å². The summed E-state index contributed by atoms with van der Waals surface area (Å²) in [4.78, 5) is 35.0. The highest BCUT2D eigenvalue weighted by atomic mass is 16.6. The summed E-state index contributed by atoms with van der Waals surface area (Å²) in [5.41, 5.74) is 1.96. The molecule has 0 aliphatic rings. The van der Waals surface area contributed by atoms with Crippen LogP contribution >= 0.6 is 0 Å². The fourth-order valence-corrected chi connectivity index (χ4v) is 2.37. The summed E-state index contributed by atoms with van der Waals surface area (Å²) in [5.74, 6) is -0.438. The second kappa shape index (κ2) is 8.65. The molecule has 27 heavy (non-hydrogen) atoms. The summed E-state index contributed by atoms with van der Waals surface area (Å²) >= 11 is 0. The molecule has 2 aromatic rings. The van der Waals surface area contributed by atoms with Crippen LogP contribution in [0.5, 0.6) is 0 Å². The number of hydrogen-bond donors (Lipinski definition) is 3. The average molecular weight is 372 g/mol. The van der Waals surface area contributed by atoms with Gasteiger partial charge >= 0.3 is 6.09 Å². The van der Waals surface area contributed by atoms with Crippen molar-refractivity contribution < 1.29 is 19.6 Å². The van der Waals surface area contributed by atoms with Gasteiger partial charge in [0.1, 0.15) is 5.69 Å². The summed E-state index contributed by atoms with van der Waals surface area (Å²) < 4.78 is 0. The Labute approximate surface area is 155 Å². The van der Waals surface area contributed by atoms with Crippen LogP contribution in [0.25, 0.3) is 0 Å². The third kappa shape index (κ3) is 5.43. The summed E-state index contributed by atoms with van der Waals surface area (Å²) in [6.07, 6.45) is -1.18. The van der Waals surface area contributed by atoms with E-state index in [1.165, 1.54) is 30.1 Å². The molecule has 2 amide bonds. The van der Waals surface area contributed by atoms with Crippen LogP contribution < -0.4 is 10.6 Å². The number of nitro groups is 1. The molecule has 0 fully saturated rings. The van der Waals surface area contributed by atoms with Gasteiger partial charge in [-0.15, -0.1) is 0 Å². The third-order valence-corrected chi connectivity index (χ3v) is 3.84. The minimum absolute atomic E-state index is 0.0622. The normalized spacial score (nSPS) is 10.1. The molecule has 0 atom stereocenters. The lowest BCUT2D eigenvalue weighted by molar-refractivity contribution is -0.383. The summed E-state index contributed by atoms with van der Waals surface area (Å²) in [7, 11) is 1.50. The predicted octanol–water partition coefficient (Wildman–Crippen LogP) is 2.99. The van der Waals surface area contributed by atoms with Crippen molar-refractivity contribution in [2.75, 3.05) is 25.5 Å². The van der Waals surface area contributed by atoms with Crippen LogP contribution in [0.15, 0.2) is 42.5 Å². The lowest BCUT2D eigenvalue weighted by Crippen LogP contribution is -2.35. The van der Waals surface area contributed by atoms with Crippen molar-refractivity contribution in [3.8, 4) is 0 Å². The number of hydrogen-bond acceptors (Lipinski definition) is 5. The molecule has 9 nitrogen and oxygen atoms in total. The van der Waals surface area contributed by atoms with E-state index in [0.717, 1.165) is 5.56 Å². The fraction of sp³-hybridized carbons (Fsp3) is 0.222. The number of likely N-dealkylation sites (N-methyl/N-ethyl adjacent to an activating group) is 1. The number of benzene rings is 2. The van der Waals surface area contributed by atoms with Crippen molar-refractivity contribution in [1.82, 2.24) is 10.2 Å². The van der Waals surface area contributed by atoms with Gasteiger partial charge in [-0.1, -0.05) is 17.7 Å². The van der Waals surface area contributed by atoms with Crippen molar-refractivity contribution in [3.63, 3.8) is 0 Å². The lowest BCUT2D eigenvalue weighted by atomic mass is 10.1. The van der Waals surface area contributed by atoms with Gasteiger partial charge in [-0.2, -0.15) is 0 Å². The molecule has 0 unspecified atom stereocenters. The first kappa shape index (κ1) is 19.7. The molecular weight excluding hydrogens is 352 g/mol. The second-order valence-electron chi connectivity index (χ2n) is 5.94. The number of nitro benzene ring substituents is 1. The Morgan fingerprint density at radius 1 is 1.19 bits per heavy atom. The first-order valence-corrected chi connectivity index (χ1v) is 8.12. The van der Waals surface area contributed by atoms with Gasteiger partial charge in [-0.05, 0) is 31.2 Å². The molecule has 0 radical (unpaired) electrons. The fourth-order valence-electron chi connectivity index (χ4n) is 2.37. The summed E-state index contributed by atoms with van der Waals surface area (Å²) in [6.45, 7) is 2.14. The van der Waals surface area contributed by atoms with Gasteiger partial charge in [-0.25, -0.2) is 4.79 Å². The van der Waals surface area contributed by atoms with E-state index in [2.05, 4.69) is 10.6 Å². The summed E-state index contributed by atoms with van der Waals surface area (Å²) in [5, 5.41) is 25.1. The first-order valence-electron chi connectivity index (χ1n) is 8.12. The molecular formula is C18H20N4O5. The molecule has 0 saturated carbocycles. The Kier molecular flexibility index (Phi) is 6.32. The number of nitrogens with one attached hydrogen (secondary N) is 2. The van der Waals surface area contributed by atoms with Crippen molar-refractivity contribution in [3.05, 3.63) is 63.7 Å². The molecule has 0 heterocycles. The molecule has 3 N–H and O–H groups in total. The number of rotatable bonds is 7. The van der Waals surface area contributed by atoms with E-state index in [0.29, 0.717) is 5.69 Å². The van der Waals surface area contributed by atoms with Gasteiger partial charge in [0, 0.05) is 37.5 Å². The van der Waals surface area contributed by atoms with E-state index in [1.807, 2.05) is 19.1 Å². The van der Waals surface area contributed by atoms with Gasteiger partial charge in [0.25, 0.3) is 11.6 Å². The minimum Gasteiger partial charge on any atom is -0.465 e. The van der Waals surface area contributed by atoms with Gasteiger partial charge < -0.3 is 20.6 Å². The van der Waals surface area contributed by atoms with Crippen LogP contribution in [0.1, 0.15) is 15.9 Å². The van der Waals surface area contributed by atoms with Gasteiger partial charge in [0.2, 0.25) is 0 Å². The largest absolute Gasteiger partial charge is 0.465 e. The van der Waals surface area contributed by atoms with E-state index < -0.39 is 16.9 Å². The maximum atomic E-state index is 12.4. The van der Waals surface area contributed by atoms with Crippen molar-refractivity contribution >= 4 is 29.1 Å². The minimum atomic E-state index is -1.18. The molecule has 0 aliphatic carbocycles. The number of carbonyl (C=O) groups is 2. The molecule has 0 spiro atoms. The van der Waals surface area contributed by atoms with Crippen LogP contribution in [-0.2, 0) is 0 Å². The maximum Gasteiger partial charge on any atom is 0.404 e. The average Bonchev–Trinajstić information content (AvgIpc) is 2.62. The van der Waals surface area contributed by atoms with E-state index >= 15 is 0 Å². The number of aryl methyl sites for hydroxylation is 1. The van der Waals surface area contributed by atoms with E-state index in [4.69, 9.17) is 5.11 Å². The van der Waals surface area contributed by atoms with E-state index in [1.54, 1.807) is 12.1 Å². The zero-order chi connectivity index (χ0) is 20.0. The smallest absolute Gasteiger partial charge is 0.404 e. The zero-order valence-electron chi connectivity index (χ0n) is 14.9. The zero-order valence-corrected chi connectivity index (χ0v) is 14.9. The van der Waals surface area contributed by atoms with Crippen molar-refractivity contribution in [1.29, 1.82) is 0 Å². The molecule has 0 saturated heterocycles. The van der Waals surface area contributed by atoms with Crippen molar-refractivity contribution in [2.45, 2.75) is 6.92 Å². The number of anilines is 2. The van der Waals surface area contributed by atoms with Gasteiger partial charge in [-0.3, -0.25) is 14.9 Å². The Bertz CT molecular complexity index is 851. The molecule has 0 aliphatic heterocycles. The number of nitrogens with zero attached hydrogens (tertiary/aromatic N) is 2. The molecule has 0 bridgehead atoms. The van der Waals surface area contributed by atoms with Crippen molar-refractivity contribution in [2.24, 2.45) is 0 Å². The number of carbonyl (C=O) groups excluding carboxylic acids is 1. The molecule has 142 valence electrons. The number of amides is 2. The second-order valence-corrected chi connectivity index (χ2v) is 5.94. The maximum absolute atomic E-state index is 12.4. The van der Waals surface area contributed by atoms with Crippen LogP contribution in [0.3, 0.4) is 0 Å². The van der Waals surface area contributed by atoms with E-state index in [-0.39, 0.29) is 30.0 Å². The number of carboxylic acid groups (broad SMARTS) is 1. The quantitative estimate of drug-likeness (QED) is 0.507. The highest BCUT2D eigenvalue weighted by Gasteiger charge is 2.20. The molecule has 9 heteroatoms. The first-order chi connectivity index (χ1) is 12.8. The SMILES string of the molecule is Cc1ccc(Nc2ccc(C(=O)N(C)CCNC(=O)O)cc2[N+](=O)[O-])cc1. The van der Waals surface area contributed by atoms with Crippen LogP contribution in [0.2, 0.25) is 0 Å². The molecule has 2 rings (SSSR count). The molecule has 0 aromatic heterocycles. The van der Waals surface area contributed by atoms with Gasteiger partial charge in [0.05, 0.1) is 4.92 Å². The molecule has 2 aromatic carbocycles. The Morgan fingerprint density at radius 2 is 1.85 bits per heavy atom. The van der Waals surface area contributed by atoms with Crippen LogP contribution in [0, 0.1) is 17.0 Å². The lowest BCUT2D eigenvalue weighted by Gasteiger charge is -2.17. The Balaban J connectivity index is 2.18. The summed E-state index contributed by atoms with van der Waals surface area (Å²) in [6, 6.07) is 11.6. The highest BCUT2D eigenvalue weighted by Crippen LogP contribution is 2.29. The Hall–Kier alpha value is -3.62. The predicted molar refractivity (Wildman–Crippen MR) is 101 cm³/mol. The standard InChI is InChI=1S/C18H20N4O5/c1-12-3-6-14(7-4-12)20-15-8-5-13(11-16(15)22(26)27)17(23)21(2)10-9-19-18(24)25/h3-8,11,19-20H,9-10H2,1-2H3,(H,24,25). The topological polar surface area (TPSA) is 125 Å². The van der Waals surface area contributed by atoms with Crippen LogP contribution in [0.4, 0.5) is 21.9 Å². The van der Waals surface area contributed by atoms with Gasteiger partial charge in [0.15, 0.2) is 0 Å². The highest BCUT2D eigenvalue weighted by molar-refractivity contribution is 5.95. The monoisotopic (exact) mass is 372 g/mol.